The molecule has 17 heavy (non-hydrogen) atoms. The summed E-state index contributed by atoms with van der Waals surface area (Å²) in [6.07, 6.45) is 2.82. The summed E-state index contributed by atoms with van der Waals surface area (Å²) >= 11 is 6.92. The molecule has 0 aliphatic heterocycles. The number of nitrogens with zero attached hydrogens (tertiary/aromatic N) is 1. The van der Waals surface area contributed by atoms with Gasteiger partial charge in [0.25, 0.3) is 0 Å². The van der Waals surface area contributed by atoms with Crippen molar-refractivity contribution in [2.45, 2.75) is 24.6 Å². The van der Waals surface area contributed by atoms with E-state index in [1.807, 2.05) is 18.2 Å². The van der Waals surface area contributed by atoms with E-state index in [0.717, 1.165) is 28.4 Å². The molecule has 1 aliphatic carbocycles. The van der Waals surface area contributed by atoms with E-state index in [-0.39, 0.29) is 5.41 Å². The van der Waals surface area contributed by atoms with E-state index in [0.29, 0.717) is 13.0 Å². The van der Waals surface area contributed by atoms with Crippen LogP contribution >= 0.6 is 31.9 Å². The van der Waals surface area contributed by atoms with Crippen LogP contribution in [0.3, 0.4) is 0 Å². The molecule has 1 aromatic carbocycles. The minimum Gasteiger partial charge on any atom is -0.492 e. The fourth-order valence-corrected chi connectivity index (χ4v) is 2.58. The Balaban J connectivity index is 1.98. The van der Waals surface area contributed by atoms with Crippen LogP contribution in [0.1, 0.15) is 24.8 Å². The van der Waals surface area contributed by atoms with Gasteiger partial charge in [-0.25, -0.2) is 0 Å². The zero-order valence-electron chi connectivity index (χ0n) is 9.38. The summed E-state index contributed by atoms with van der Waals surface area (Å²) in [5, 5.41) is 9.58. The first kappa shape index (κ1) is 12.9. The molecule has 0 atom stereocenters. The maximum absolute atomic E-state index is 8.74. The molecule has 0 saturated heterocycles. The predicted molar refractivity (Wildman–Crippen MR) is 74.2 cm³/mol. The molecule has 0 heterocycles. The summed E-state index contributed by atoms with van der Waals surface area (Å²) in [6, 6.07) is 8.31. The number of nitriles is 1. The SMILES string of the molecule is N#CCC1(COc2ccc(CBr)cc2Br)CC1. The van der Waals surface area contributed by atoms with Gasteiger partial charge in [0.05, 0.1) is 17.1 Å². The lowest BCUT2D eigenvalue weighted by Gasteiger charge is -2.14. The lowest BCUT2D eigenvalue weighted by molar-refractivity contribution is 0.235. The number of halogens is 2. The molecule has 1 saturated carbocycles. The topological polar surface area (TPSA) is 33.0 Å². The van der Waals surface area contributed by atoms with Crippen LogP contribution in [0.4, 0.5) is 0 Å². The van der Waals surface area contributed by atoms with Gasteiger partial charge >= 0.3 is 0 Å². The second kappa shape index (κ2) is 5.41. The van der Waals surface area contributed by atoms with Gasteiger partial charge in [0.15, 0.2) is 0 Å². The molecular weight excluding hydrogens is 346 g/mol. The van der Waals surface area contributed by atoms with Crippen molar-refractivity contribution < 1.29 is 4.74 Å². The number of ether oxygens (including phenoxy) is 1. The monoisotopic (exact) mass is 357 g/mol. The summed E-state index contributed by atoms with van der Waals surface area (Å²) in [6.45, 7) is 0.646. The number of hydrogen-bond acceptors (Lipinski definition) is 2. The Labute approximate surface area is 118 Å². The van der Waals surface area contributed by atoms with Crippen LogP contribution in [0.5, 0.6) is 5.75 Å². The standard InChI is InChI=1S/C13H13Br2NO/c14-8-10-1-2-12(11(15)7-10)17-9-13(3-4-13)5-6-16/h1-2,7H,3-5,8-9H2. The van der Waals surface area contributed by atoms with Crippen molar-refractivity contribution in [3.05, 3.63) is 28.2 Å². The molecule has 1 fully saturated rings. The van der Waals surface area contributed by atoms with Gasteiger partial charge in [0, 0.05) is 17.2 Å². The van der Waals surface area contributed by atoms with Crippen LogP contribution in [0, 0.1) is 16.7 Å². The van der Waals surface area contributed by atoms with E-state index >= 15 is 0 Å². The zero-order chi connectivity index (χ0) is 12.3. The fourth-order valence-electron chi connectivity index (χ4n) is 1.69. The largest absolute Gasteiger partial charge is 0.492 e. The third kappa shape index (κ3) is 3.23. The van der Waals surface area contributed by atoms with Gasteiger partial charge in [-0.05, 0) is 46.5 Å². The third-order valence-corrected chi connectivity index (χ3v) is 4.36. The molecule has 0 aromatic heterocycles. The Morgan fingerprint density at radius 2 is 2.18 bits per heavy atom. The van der Waals surface area contributed by atoms with Crippen molar-refractivity contribution in [1.82, 2.24) is 0 Å². The Hall–Kier alpha value is -0.530. The van der Waals surface area contributed by atoms with Crippen molar-refractivity contribution in [2.24, 2.45) is 5.41 Å². The number of hydrogen-bond donors (Lipinski definition) is 0. The van der Waals surface area contributed by atoms with E-state index in [4.69, 9.17) is 10.00 Å². The number of rotatable bonds is 5. The summed E-state index contributed by atoms with van der Waals surface area (Å²) < 4.78 is 6.78. The minimum absolute atomic E-state index is 0.127. The van der Waals surface area contributed by atoms with Crippen LogP contribution in [0.25, 0.3) is 0 Å². The Bertz CT molecular complexity index is 449. The molecule has 0 N–H and O–H groups in total. The lowest BCUT2D eigenvalue weighted by atomic mass is 10.1. The summed E-state index contributed by atoms with van der Waals surface area (Å²) in [5.41, 5.74) is 1.34. The first-order valence-electron chi connectivity index (χ1n) is 5.53. The molecule has 0 bridgehead atoms. The first-order chi connectivity index (χ1) is 8.19. The van der Waals surface area contributed by atoms with Gasteiger partial charge in [-0.1, -0.05) is 22.0 Å². The highest BCUT2D eigenvalue weighted by molar-refractivity contribution is 9.10. The molecule has 4 heteroatoms. The molecule has 2 nitrogen and oxygen atoms in total. The van der Waals surface area contributed by atoms with Crippen LogP contribution in [0.2, 0.25) is 0 Å². The maximum Gasteiger partial charge on any atom is 0.133 e. The maximum atomic E-state index is 8.74. The van der Waals surface area contributed by atoms with E-state index < -0.39 is 0 Å². The normalized spacial score (nSPS) is 16.3. The Morgan fingerprint density at radius 3 is 2.71 bits per heavy atom. The van der Waals surface area contributed by atoms with Gasteiger partial charge in [-0.15, -0.1) is 0 Å². The van der Waals surface area contributed by atoms with E-state index in [9.17, 15) is 0 Å². The molecule has 1 aromatic rings. The van der Waals surface area contributed by atoms with Crippen LogP contribution < -0.4 is 4.74 Å². The highest BCUT2D eigenvalue weighted by Crippen LogP contribution is 2.49. The predicted octanol–water partition coefficient (Wildman–Crippen LogP) is 4.42. The lowest BCUT2D eigenvalue weighted by Crippen LogP contribution is -2.12. The van der Waals surface area contributed by atoms with E-state index in [2.05, 4.69) is 37.9 Å². The van der Waals surface area contributed by atoms with Crippen LogP contribution in [-0.4, -0.2) is 6.61 Å². The third-order valence-electron chi connectivity index (χ3n) is 3.10. The summed E-state index contributed by atoms with van der Waals surface area (Å²) in [7, 11) is 0. The van der Waals surface area contributed by atoms with Crippen molar-refractivity contribution in [1.29, 1.82) is 5.26 Å². The number of benzene rings is 1. The van der Waals surface area contributed by atoms with E-state index in [1.165, 1.54) is 5.56 Å². The highest BCUT2D eigenvalue weighted by atomic mass is 79.9. The molecular formula is C13H13Br2NO. The van der Waals surface area contributed by atoms with Crippen molar-refractivity contribution in [3.8, 4) is 11.8 Å². The average molecular weight is 359 g/mol. The van der Waals surface area contributed by atoms with Crippen molar-refractivity contribution in [3.63, 3.8) is 0 Å². The Kier molecular flexibility index (Phi) is 4.11. The molecule has 0 amide bonds. The molecule has 0 spiro atoms. The van der Waals surface area contributed by atoms with Crippen LogP contribution in [-0.2, 0) is 5.33 Å². The van der Waals surface area contributed by atoms with Gasteiger partial charge in [-0.2, -0.15) is 5.26 Å². The van der Waals surface area contributed by atoms with Gasteiger partial charge in [0.1, 0.15) is 5.75 Å². The summed E-state index contributed by atoms with van der Waals surface area (Å²) in [4.78, 5) is 0. The minimum atomic E-state index is 0.127. The molecule has 0 unspecified atom stereocenters. The second-order valence-electron chi connectivity index (χ2n) is 4.52. The zero-order valence-corrected chi connectivity index (χ0v) is 12.6. The number of alkyl halides is 1. The molecule has 1 aliphatic rings. The molecule has 90 valence electrons. The average Bonchev–Trinajstić information content (AvgIpc) is 3.08. The smallest absolute Gasteiger partial charge is 0.133 e. The highest BCUT2D eigenvalue weighted by Gasteiger charge is 2.43. The van der Waals surface area contributed by atoms with Gasteiger partial charge in [-0.3, -0.25) is 0 Å². The Morgan fingerprint density at radius 1 is 1.41 bits per heavy atom. The van der Waals surface area contributed by atoms with Crippen molar-refractivity contribution >= 4 is 31.9 Å². The van der Waals surface area contributed by atoms with Gasteiger partial charge in [0.2, 0.25) is 0 Å². The van der Waals surface area contributed by atoms with Crippen molar-refractivity contribution in [2.75, 3.05) is 6.61 Å². The van der Waals surface area contributed by atoms with Crippen LogP contribution in [0.15, 0.2) is 22.7 Å². The quantitative estimate of drug-likeness (QED) is 0.730. The van der Waals surface area contributed by atoms with Gasteiger partial charge < -0.3 is 4.74 Å². The molecule has 0 radical (unpaired) electrons. The summed E-state index contributed by atoms with van der Waals surface area (Å²) in [5.74, 6) is 0.860. The first-order valence-corrected chi connectivity index (χ1v) is 7.45. The second-order valence-corrected chi connectivity index (χ2v) is 5.94. The van der Waals surface area contributed by atoms with E-state index in [1.54, 1.807) is 0 Å². The molecule has 2 rings (SSSR count). The fraction of sp³-hybridized carbons (Fsp3) is 0.462.